The Kier molecular flexibility index (Phi) is 6.84. The zero-order valence-electron chi connectivity index (χ0n) is 20.6. The van der Waals surface area contributed by atoms with Crippen LogP contribution in [-0.4, -0.2) is 17.5 Å². The number of aryl methyl sites for hydroxylation is 3. The standard InChI is InChI=1S/C28H25Cl2N3O4/c1-14-9-15(2)25-17(13-36-23(25)10-14)11-24(34)33-32-21-5-4-6-22-26(21)16(3)27(37-22)28(35)31-18-7-8-19(29)20(30)12-18/h7-10,12-13H,4-6,11H2,1-3H3,(H,31,35)(H,33,34)/b32-21+. The molecule has 0 saturated heterocycles. The summed E-state index contributed by atoms with van der Waals surface area (Å²) in [5, 5.41) is 8.92. The average Bonchev–Trinajstić information content (AvgIpc) is 3.41. The Balaban J connectivity index is 1.33. The minimum Gasteiger partial charge on any atom is -0.464 e. The van der Waals surface area contributed by atoms with E-state index in [1.165, 1.54) is 0 Å². The fourth-order valence-corrected chi connectivity index (χ4v) is 5.16. The minimum absolute atomic E-state index is 0.141. The van der Waals surface area contributed by atoms with E-state index in [4.69, 9.17) is 32.0 Å². The van der Waals surface area contributed by atoms with E-state index in [1.54, 1.807) is 24.5 Å². The molecule has 0 aliphatic heterocycles. The number of hydrazone groups is 1. The van der Waals surface area contributed by atoms with Gasteiger partial charge in [0.2, 0.25) is 5.91 Å². The van der Waals surface area contributed by atoms with Gasteiger partial charge in [-0.1, -0.05) is 29.3 Å². The lowest BCUT2D eigenvalue weighted by Gasteiger charge is -2.13. The zero-order valence-corrected chi connectivity index (χ0v) is 22.1. The van der Waals surface area contributed by atoms with E-state index >= 15 is 0 Å². The Hall–Kier alpha value is -3.55. The molecule has 0 spiro atoms. The van der Waals surface area contributed by atoms with Crippen LogP contribution in [0.1, 0.15) is 57.0 Å². The molecule has 7 nitrogen and oxygen atoms in total. The zero-order chi connectivity index (χ0) is 26.3. The second kappa shape index (κ2) is 10.1. The van der Waals surface area contributed by atoms with Crippen LogP contribution in [0.25, 0.3) is 11.0 Å². The summed E-state index contributed by atoms with van der Waals surface area (Å²) in [5.74, 6) is 0.239. The number of halogens is 2. The van der Waals surface area contributed by atoms with Gasteiger partial charge in [0.15, 0.2) is 5.76 Å². The van der Waals surface area contributed by atoms with Gasteiger partial charge in [-0.05, 0) is 69.0 Å². The van der Waals surface area contributed by atoms with Crippen LogP contribution < -0.4 is 10.7 Å². The van der Waals surface area contributed by atoms with Crippen molar-refractivity contribution in [3.05, 3.63) is 86.0 Å². The average molecular weight is 538 g/mol. The van der Waals surface area contributed by atoms with Crippen LogP contribution in [0.5, 0.6) is 0 Å². The van der Waals surface area contributed by atoms with Gasteiger partial charge < -0.3 is 14.2 Å². The van der Waals surface area contributed by atoms with Gasteiger partial charge in [-0.25, -0.2) is 5.43 Å². The summed E-state index contributed by atoms with van der Waals surface area (Å²) in [6, 6.07) is 8.89. The van der Waals surface area contributed by atoms with E-state index in [1.807, 2.05) is 26.8 Å². The quantitative estimate of drug-likeness (QED) is 0.270. The lowest BCUT2D eigenvalue weighted by molar-refractivity contribution is -0.120. The van der Waals surface area contributed by atoms with Gasteiger partial charge >= 0.3 is 0 Å². The Morgan fingerprint density at radius 3 is 2.65 bits per heavy atom. The van der Waals surface area contributed by atoms with E-state index < -0.39 is 5.91 Å². The van der Waals surface area contributed by atoms with Gasteiger partial charge in [0, 0.05) is 34.2 Å². The minimum atomic E-state index is -0.397. The number of fused-ring (bicyclic) bond motifs is 2. The van der Waals surface area contributed by atoms with Crippen LogP contribution in [-0.2, 0) is 17.6 Å². The predicted octanol–water partition coefficient (Wildman–Crippen LogP) is 6.91. The van der Waals surface area contributed by atoms with E-state index in [2.05, 4.69) is 21.9 Å². The van der Waals surface area contributed by atoms with E-state index in [0.29, 0.717) is 45.6 Å². The number of benzene rings is 2. The molecule has 2 amide bonds. The number of carbonyl (C=O) groups excluding carboxylic acids is 2. The molecule has 2 heterocycles. The van der Waals surface area contributed by atoms with Crippen LogP contribution in [0.2, 0.25) is 10.0 Å². The molecule has 0 bridgehead atoms. The molecule has 5 rings (SSSR count). The molecule has 4 aromatic rings. The molecule has 0 unspecified atom stereocenters. The van der Waals surface area contributed by atoms with Crippen LogP contribution in [0.3, 0.4) is 0 Å². The fourth-order valence-electron chi connectivity index (χ4n) is 4.86. The molecule has 2 aromatic carbocycles. The molecule has 0 saturated carbocycles. The summed E-state index contributed by atoms with van der Waals surface area (Å²) in [5.41, 5.74) is 9.07. The lowest BCUT2D eigenvalue weighted by atomic mass is 9.93. The van der Waals surface area contributed by atoms with Gasteiger partial charge in [0.05, 0.1) is 28.4 Å². The third kappa shape index (κ3) is 5.02. The summed E-state index contributed by atoms with van der Waals surface area (Å²) in [4.78, 5) is 25.7. The first kappa shape index (κ1) is 25.1. The number of rotatable bonds is 5. The maximum atomic E-state index is 13.0. The number of carbonyl (C=O) groups is 2. The molecule has 2 N–H and O–H groups in total. The summed E-state index contributed by atoms with van der Waals surface area (Å²) in [6.07, 6.45) is 3.91. The number of nitrogens with zero attached hydrogens (tertiary/aromatic N) is 1. The van der Waals surface area contributed by atoms with Crippen LogP contribution in [0.15, 0.2) is 50.5 Å². The molecule has 1 aliphatic rings. The topological polar surface area (TPSA) is 96.8 Å². The maximum Gasteiger partial charge on any atom is 0.291 e. The first-order valence-electron chi connectivity index (χ1n) is 11.9. The highest BCUT2D eigenvalue weighted by Gasteiger charge is 2.28. The molecule has 190 valence electrons. The smallest absolute Gasteiger partial charge is 0.291 e. The van der Waals surface area contributed by atoms with Crippen molar-refractivity contribution in [1.82, 2.24) is 5.43 Å². The summed E-state index contributed by atoms with van der Waals surface area (Å²) in [6.45, 7) is 5.83. The molecular weight excluding hydrogens is 513 g/mol. The highest BCUT2D eigenvalue weighted by molar-refractivity contribution is 6.42. The Morgan fingerprint density at radius 1 is 1.05 bits per heavy atom. The number of hydrogen-bond donors (Lipinski definition) is 2. The normalized spacial score (nSPS) is 14.1. The van der Waals surface area contributed by atoms with Gasteiger partial charge in [-0.3, -0.25) is 9.59 Å². The van der Waals surface area contributed by atoms with E-state index in [9.17, 15) is 9.59 Å². The van der Waals surface area contributed by atoms with Crippen LogP contribution in [0.4, 0.5) is 5.69 Å². The number of hydrogen-bond acceptors (Lipinski definition) is 5. The molecule has 0 atom stereocenters. The Labute approximate surface area is 223 Å². The summed E-state index contributed by atoms with van der Waals surface area (Å²) >= 11 is 12.0. The van der Waals surface area contributed by atoms with Crippen LogP contribution >= 0.6 is 23.2 Å². The van der Waals surface area contributed by atoms with Gasteiger partial charge in [0.25, 0.3) is 5.91 Å². The molecule has 37 heavy (non-hydrogen) atoms. The first-order valence-corrected chi connectivity index (χ1v) is 12.7. The van der Waals surface area contributed by atoms with Gasteiger partial charge in [-0.2, -0.15) is 5.10 Å². The van der Waals surface area contributed by atoms with E-state index in [-0.39, 0.29) is 18.1 Å². The number of anilines is 1. The number of furan rings is 2. The highest BCUT2D eigenvalue weighted by atomic mass is 35.5. The van der Waals surface area contributed by atoms with Crippen molar-refractivity contribution in [1.29, 1.82) is 0 Å². The maximum absolute atomic E-state index is 13.0. The summed E-state index contributed by atoms with van der Waals surface area (Å²) in [7, 11) is 0. The first-order chi connectivity index (χ1) is 17.7. The second-order valence-electron chi connectivity index (χ2n) is 9.28. The van der Waals surface area contributed by atoms with Crippen molar-refractivity contribution in [2.24, 2.45) is 5.10 Å². The second-order valence-corrected chi connectivity index (χ2v) is 10.1. The van der Waals surface area contributed by atoms with Gasteiger partial charge in [-0.15, -0.1) is 0 Å². The largest absolute Gasteiger partial charge is 0.464 e. The van der Waals surface area contributed by atoms with Gasteiger partial charge in [0.1, 0.15) is 11.3 Å². The van der Waals surface area contributed by atoms with Crippen molar-refractivity contribution in [3.63, 3.8) is 0 Å². The molecule has 1 aliphatic carbocycles. The third-order valence-corrected chi connectivity index (χ3v) is 7.21. The molecule has 9 heteroatoms. The molecule has 0 radical (unpaired) electrons. The number of amides is 2. The third-order valence-electron chi connectivity index (χ3n) is 6.47. The monoisotopic (exact) mass is 537 g/mol. The fraction of sp³-hybridized carbons (Fsp3) is 0.250. The van der Waals surface area contributed by atoms with E-state index in [0.717, 1.165) is 39.6 Å². The van der Waals surface area contributed by atoms with Crippen molar-refractivity contribution in [2.45, 2.75) is 46.5 Å². The number of nitrogens with one attached hydrogen (secondary N) is 2. The molecule has 2 aromatic heterocycles. The van der Waals surface area contributed by atoms with Crippen molar-refractivity contribution in [2.75, 3.05) is 5.32 Å². The van der Waals surface area contributed by atoms with Crippen molar-refractivity contribution >= 4 is 57.4 Å². The Bertz CT molecular complexity index is 1580. The highest BCUT2D eigenvalue weighted by Crippen LogP contribution is 2.31. The summed E-state index contributed by atoms with van der Waals surface area (Å²) < 4.78 is 11.6. The lowest BCUT2D eigenvalue weighted by Crippen LogP contribution is -2.23. The molecular formula is C28H25Cl2N3O4. The predicted molar refractivity (Wildman–Crippen MR) is 145 cm³/mol. The Morgan fingerprint density at radius 2 is 1.86 bits per heavy atom. The molecule has 0 fully saturated rings. The SMILES string of the molecule is Cc1cc(C)c2c(CC(=O)N/N=C3\CCCc4oc(C(=O)Nc5ccc(Cl)c(Cl)c5)c(C)c43)coc2c1. The van der Waals surface area contributed by atoms with Crippen molar-refractivity contribution < 1.29 is 18.4 Å². The van der Waals surface area contributed by atoms with Crippen LogP contribution in [0, 0.1) is 20.8 Å². The van der Waals surface area contributed by atoms with Crippen molar-refractivity contribution in [3.8, 4) is 0 Å².